The fraction of sp³-hybridized carbons (Fsp3) is 0.667. The van der Waals surface area contributed by atoms with Gasteiger partial charge >= 0.3 is 0 Å². The molecule has 0 radical (unpaired) electrons. The average molecular weight is 218 g/mol. The van der Waals surface area contributed by atoms with Gasteiger partial charge in [-0.3, -0.25) is 10.2 Å². The third kappa shape index (κ3) is 1.13. The molecular formula is C6H8BrN3O. The van der Waals surface area contributed by atoms with Crippen LogP contribution in [-0.4, -0.2) is 28.1 Å². The number of rotatable bonds is 2. The Balaban J connectivity index is 2.11. The van der Waals surface area contributed by atoms with Crippen LogP contribution in [0.2, 0.25) is 0 Å². The predicted molar refractivity (Wildman–Crippen MR) is 44.2 cm³/mol. The van der Waals surface area contributed by atoms with Gasteiger partial charge in [0.15, 0.2) is 17.2 Å². The fourth-order valence-electron chi connectivity index (χ4n) is 1.18. The molecule has 0 spiro atoms. The Morgan fingerprint density at radius 2 is 2.45 bits per heavy atom. The van der Waals surface area contributed by atoms with Crippen LogP contribution in [-0.2, 0) is 4.79 Å². The van der Waals surface area contributed by atoms with E-state index in [9.17, 15) is 4.79 Å². The number of amidine groups is 1. The second kappa shape index (κ2) is 2.48. The van der Waals surface area contributed by atoms with Gasteiger partial charge in [0.2, 0.25) is 0 Å². The van der Waals surface area contributed by atoms with Crippen molar-refractivity contribution in [3.05, 3.63) is 0 Å². The maximum absolute atomic E-state index is 10.5. The minimum absolute atomic E-state index is 0.253. The topological polar surface area (TPSA) is 44.7 Å². The molecular weight excluding hydrogens is 210 g/mol. The molecule has 2 rings (SSSR count). The lowest BCUT2D eigenvalue weighted by molar-refractivity contribution is -0.111. The number of carbonyl (C=O) groups is 1. The summed E-state index contributed by atoms with van der Waals surface area (Å²) in [5, 5.41) is 3.91. The number of aldehydes is 1. The first-order valence-corrected chi connectivity index (χ1v) is 4.34. The van der Waals surface area contributed by atoms with Crippen molar-refractivity contribution in [2.75, 3.05) is 0 Å². The normalized spacial score (nSPS) is 29.7. The molecule has 60 valence electrons. The van der Waals surface area contributed by atoms with Gasteiger partial charge < -0.3 is 4.90 Å². The van der Waals surface area contributed by atoms with E-state index in [1.165, 1.54) is 0 Å². The quantitative estimate of drug-likeness (QED) is 0.533. The summed E-state index contributed by atoms with van der Waals surface area (Å²) in [6, 6.07) is 0.512. The van der Waals surface area contributed by atoms with Crippen LogP contribution in [0.25, 0.3) is 0 Å². The molecule has 0 bridgehead atoms. The molecule has 2 aliphatic rings. The minimum atomic E-state index is -0.253. The first-order valence-electron chi connectivity index (χ1n) is 3.55. The predicted octanol–water partition coefficient (Wildman–Crippen LogP) is 0.245. The molecule has 1 fully saturated rings. The third-order valence-electron chi connectivity index (χ3n) is 1.87. The van der Waals surface area contributed by atoms with Crippen molar-refractivity contribution in [3.8, 4) is 0 Å². The lowest BCUT2D eigenvalue weighted by Gasteiger charge is -2.19. The maximum atomic E-state index is 10.5. The van der Waals surface area contributed by atoms with Gasteiger partial charge in [0.25, 0.3) is 0 Å². The van der Waals surface area contributed by atoms with Crippen LogP contribution in [0.3, 0.4) is 0 Å². The van der Waals surface area contributed by atoms with Crippen LogP contribution in [0.5, 0.6) is 0 Å². The summed E-state index contributed by atoms with van der Waals surface area (Å²) in [6.07, 6.45) is 2.94. The molecule has 0 aromatic carbocycles. The van der Waals surface area contributed by atoms with Crippen LogP contribution < -0.4 is 5.43 Å². The van der Waals surface area contributed by atoms with Crippen LogP contribution in [0.15, 0.2) is 5.10 Å². The van der Waals surface area contributed by atoms with Crippen molar-refractivity contribution in [3.63, 3.8) is 0 Å². The van der Waals surface area contributed by atoms with Gasteiger partial charge in [0, 0.05) is 6.04 Å². The average Bonchev–Trinajstić information content (AvgIpc) is 2.76. The number of nitrogens with one attached hydrogen (secondary N) is 1. The van der Waals surface area contributed by atoms with Gasteiger partial charge in [0.05, 0.1) is 0 Å². The first kappa shape index (κ1) is 7.09. The van der Waals surface area contributed by atoms with Gasteiger partial charge in [-0.15, -0.1) is 0 Å². The first-order chi connectivity index (χ1) is 5.33. The summed E-state index contributed by atoms with van der Waals surface area (Å²) >= 11 is 3.28. The zero-order chi connectivity index (χ0) is 7.84. The van der Waals surface area contributed by atoms with Gasteiger partial charge in [-0.2, -0.15) is 5.10 Å². The molecule has 0 aromatic rings. The molecule has 5 heteroatoms. The summed E-state index contributed by atoms with van der Waals surface area (Å²) in [5.41, 5.74) is 2.73. The number of nitrogens with zero attached hydrogens (tertiary/aromatic N) is 2. The molecule has 1 N–H and O–H groups in total. The van der Waals surface area contributed by atoms with E-state index in [0.717, 1.165) is 23.9 Å². The number of carbonyl (C=O) groups excluding carboxylic acids is 1. The number of hydrogen-bond acceptors (Lipinski definition) is 4. The fourth-order valence-corrected chi connectivity index (χ4v) is 1.79. The standard InChI is InChI=1S/C6H8BrN3O/c7-6-9-8-5(3-11)10(6)4-1-2-4/h3-5,8H,1-2H2. The monoisotopic (exact) mass is 217 g/mol. The van der Waals surface area contributed by atoms with E-state index in [1.807, 2.05) is 4.90 Å². The molecule has 4 nitrogen and oxygen atoms in total. The highest BCUT2D eigenvalue weighted by molar-refractivity contribution is 9.18. The Morgan fingerprint density at radius 1 is 1.73 bits per heavy atom. The van der Waals surface area contributed by atoms with Gasteiger partial charge in [-0.1, -0.05) is 0 Å². The second-order valence-corrected chi connectivity index (χ2v) is 3.44. The van der Waals surface area contributed by atoms with E-state index in [0.29, 0.717) is 6.04 Å². The van der Waals surface area contributed by atoms with Crippen molar-refractivity contribution in [2.24, 2.45) is 5.10 Å². The second-order valence-electron chi connectivity index (χ2n) is 2.73. The molecule has 1 aliphatic carbocycles. The lowest BCUT2D eigenvalue weighted by Crippen LogP contribution is -2.41. The van der Waals surface area contributed by atoms with E-state index < -0.39 is 0 Å². The number of halogens is 1. The third-order valence-corrected chi connectivity index (χ3v) is 2.46. The van der Waals surface area contributed by atoms with Crippen molar-refractivity contribution in [1.29, 1.82) is 0 Å². The van der Waals surface area contributed by atoms with Gasteiger partial charge in [-0.25, -0.2) is 0 Å². The molecule has 1 unspecified atom stereocenters. The summed E-state index contributed by atoms with van der Waals surface area (Å²) in [4.78, 5) is 12.5. The highest BCUT2D eigenvalue weighted by atomic mass is 79.9. The molecule has 1 saturated carbocycles. The van der Waals surface area contributed by atoms with E-state index in [1.54, 1.807) is 0 Å². The number of hydrogen-bond donors (Lipinski definition) is 1. The van der Waals surface area contributed by atoms with Crippen LogP contribution >= 0.6 is 15.9 Å². The van der Waals surface area contributed by atoms with Gasteiger partial charge in [-0.05, 0) is 28.8 Å². The van der Waals surface area contributed by atoms with Crippen molar-refractivity contribution < 1.29 is 4.79 Å². The van der Waals surface area contributed by atoms with Crippen LogP contribution in [0, 0.1) is 0 Å². The van der Waals surface area contributed by atoms with E-state index in [4.69, 9.17) is 0 Å². The Bertz CT molecular complexity index is 214. The molecule has 1 heterocycles. The van der Waals surface area contributed by atoms with E-state index in [-0.39, 0.29) is 6.17 Å². The van der Waals surface area contributed by atoms with Crippen molar-refractivity contribution >= 4 is 27.0 Å². The summed E-state index contributed by atoms with van der Waals surface area (Å²) in [6.45, 7) is 0. The van der Waals surface area contributed by atoms with Crippen LogP contribution in [0.4, 0.5) is 0 Å². The Hall–Kier alpha value is -0.580. The maximum Gasteiger partial charge on any atom is 0.194 e. The summed E-state index contributed by atoms with van der Waals surface area (Å²) < 4.78 is 0.747. The molecule has 11 heavy (non-hydrogen) atoms. The zero-order valence-electron chi connectivity index (χ0n) is 5.83. The smallest absolute Gasteiger partial charge is 0.194 e. The highest BCUT2D eigenvalue weighted by Gasteiger charge is 2.38. The largest absolute Gasteiger partial charge is 0.319 e. The molecule has 0 amide bonds. The van der Waals surface area contributed by atoms with E-state index in [2.05, 4.69) is 26.5 Å². The molecule has 1 aliphatic heterocycles. The SMILES string of the molecule is O=CC1NN=C(Br)N1C1CC1. The Labute approximate surface area is 72.8 Å². The Kier molecular flexibility index (Phi) is 1.60. The molecule has 0 aromatic heterocycles. The van der Waals surface area contributed by atoms with Gasteiger partial charge in [0.1, 0.15) is 0 Å². The van der Waals surface area contributed by atoms with Crippen molar-refractivity contribution in [1.82, 2.24) is 10.3 Å². The van der Waals surface area contributed by atoms with Crippen molar-refractivity contribution in [2.45, 2.75) is 25.0 Å². The lowest BCUT2D eigenvalue weighted by atomic mass is 10.4. The minimum Gasteiger partial charge on any atom is -0.319 e. The highest BCUT2D eigenvalue weighted by Crippen LogP contribution is 2.30. The zero-order valence-corrected chi connectivity index (χ0v) is 7.41. The van der Waals surface area contributed by atoms with E-state index >= 15 is 0 Å². The molecule has 1 atom stereocenters. The summed E-state index contributed by atoms with van der Waals surface area (Å²) in [5.74, 6) is 0. The Morgan fingerprint density at radius 3 is 3.00 bits per heavy atom. The summed E-state index contributed by atoms with van der Waals surface area (Å²) in [7, 11) is 0. The molecule has 0 saturated heterocycles. The number of hydrazone groups is 1. The van der Waals surface area contributed by atoms with Crippen LogP contribution in [0.1, 0.15) is 12.8 Å².